The van der Waals surface area contributed by atoms with Crippen molar-refractivity contribution in [3.63, 3.8) is 0 Å². The monoisotopic (exact) mass is 300 g/mol. The minimum absolute atomic E-state index is 0.417. The first-order valence-electron chi connectivity index (χ1n) is 8.87. The predicted molar refractivity (Wildman–Crippen MR) is 88.4 cm³/mol. The predicted octanol–water partition coefficient (Wildman–Crippen LogP) is 4.57. The molecule has 0 radical (unpaired) electrons. The summed E-state index contributed by atoms with van der Waals surface area (Å²) in [5.41, 5.74) is 3.56. The van der Waals surface area contributed by atoms with Gasteiger partial charge in [-0.2, -0.15) is 0 Å². The van der Waals surface area contributed by atoms with Crippen molar-refractivity contribution >= 4 is 0 Å². The van der Waals surface area contributed by atoms with Gasteiger partial charge < -0.3 is 9.47 Å². The quantitative estimate of drug-likeness (QED) is 0.796. The zero-order valence-corrected chi connectivity index (χ0v) is 14.1. The van der Waals surface area contributed by atoms with E-state index < -0.39 is 0 Å². The molecule has 2 nitrogen and oxygen atoms in total. The van der Waals surface area contributed by atoms with E-state index in [1.165, 1.54) is 44.1 Å². The average molecular weight is 300 g/mol. The third-order valence-electron chi connectivity index (χ3n) is 7.13. The van der Waals surface area contributed by atoms with Gasteiger partial charge in [0, 0.05) is 7.11 Å². The number of fused-ring (bicyclic) bond motifs is 5. The molecule has 1 unspecified atom stereocenters. The highest BCUT2D eigenvalue weighted by atomic mass is 16.5. The molecule has 0 amide bonds. The van der Waals surface area contributed by atoms with Crippen LogP contribution >= 0.6 is 0 Å². The van der Waals surface area contributed by atoms with Crippen molar-refractivity contribution in [2.75, 3.05) is 14.2 Å². The summed E-state index contributed by atoms with van der Waals surface area (Å²) in [6, 6.07) is 6.77. The molecule has 120 valence electrons. The number of benzene rings is 1. The molecule has 1 aromatic rings. The Hall–Kier alpha value is -1.02. The number of hydrogen-bond acceptors (Lipinski definition) is 2. The molecule has 0 aromatic heterocycles. The summed E-state index contributed by atoms with van der Waals surface area (Å²) >= 11 is 0. The van der Waals surface area contributed by atoms with E-state index in [1.807, 2.05) is 7.11 Å². The molecule has 22 heavy (non-hydrogen) atoms. The number of hydrogen-bond donors (Lipinski definition) is 0. The van der Waals surface area contributed by atoms with E-state index in [0.29, 0.717) is 11.5 Å². The lowest BCUT2D eigenvalue weighted by Gasteiger charge is -2.50. The minimum Gasteiger partial charge on any atom is -0.497 e. The Morgan fingerprint density at radius 1 is 1.09 bits per heavy atom. The van der Waals surface area contributed by atoms with Crippen molar-refractivity contribution in [2.24, 2.45) is 17.3 Å². The van der Waals surface area contributed by atoms with Crippen molar-refractivity contribution in [2.45, 2.75) is 57.5 Å². The summed E-state index contributed by atoms with van der Waals surface area (Å²) in [6.07, 6.45) is 8.33. The van der Waals surface area contributed by atoms with E-state index in [0.717, 1.165) is 23.5 Å². The first-order chi connectivity index (χ1) is 10.7. The number of aryl methyl sites for hydroxylation is 1. The van der Waals surface area contributed by atoms with Crippen LogP contribution in [0.4, 0.5) is 0 Å². The molecule has 0 heterocycles. The van der Waals surface area contributed by atoms with E-state index in [4.69, 9.17) is 9.47 Å². The lowest BCUT2D eigenvalue weighted by Crippen LogP contribution is -2.44. The van der Waals surface area contributed by atoms with Crippen LogP contribution in [0.5, 0.6) is 5.75 Å². The number of methoxy groups -OCH3 is 2. The van der Waals surface area contributed by atoms with Gasteiger partial charge in [-0.25, -0.2) is 0 Å². The van der Waals surface area contributed by atoms with Crippen molar-refractivity contribution in [3.05, 3.63) is 29.3 Å². The maximum atomic E-state index is 5.85. The highest BCUT2D eigenvalue weighted by molar-refractivity contribution is 5.40. The third-order valence-corrected chi connectivity index (χ3v) is 7.13. The minimum atomic E-state index is 0.417. The van der Waals surface area contributed by atoms with Crippen molar-refractivity contribution in [1.29, 1.82) is 0 Å². The Kier molecular flexibility index (Phi) is 3.48. The van der Waals surface area contributed by atoms with E-state index in [2.05, 4.69) is 25.1 Å². The fourth-order valence-corrected chi connectivity index (χ4v) is 6.02. The standard InChI is InChI=1S/C20H28O2/c1-20-11-10-16-15-7-5-14(21-2)12-13(15)4-6-17(16)18(20)8-9-19(20)22-3/h5,7,12,16-19H,4,6,8-11H2,1-3H3/t16-,17-,18+,19?,20+/m1/s1. The van der Waals surface area contributed by atoms with Crippen molar-refractivity contribution < 1.29 is 9.47 Å². The van der Waals surface area contributed by atoms with Gasteiger partial charge in [-0.15, -0.1) is 0 Å². The highest BCUT2D eigenvalue weighted by Crippen LogP contribution is 2.61. The SMILES string of the molecule is COc1ccc2c(c1)CC[C@@H]1[C@@H]2CC[C@]2(C)C(OC)CC[C@@H]12. The Morgan fingerprint density at radius 2 is 1.95 bits per heavy atom. The van der Waals surface area contributed by atoms with Gasteiger partial charge in [0.25, 0.3) is 0 Å². The second-order valence-corrected chi connectivity index (χ2v) is 7.83. The first-order valence-corrected chi connectivity index (χ1v) is 8.87. The zero-order valence-electron chi connectivity index (χ0n) is 14.1. The lowest BCUT2D eigenvalue weighted by molar-refractivity contribution is -0.0444. The van der Waals surface area contributed by atoms with Crippen LogP contribution in [0.1, 0.15) is 56.1 Å². The van der Waals surface area contributed by atoms with Crippen LogP contribution in [0.3, 0.4) is 0 Å². The van der Waals surface area contributed by atoms with Gasteiger partial charge in [-0.05, 0) is 85.0 Å². The van der Waals surface area contributed by atoms with Crippen molar-refractivity contribution in [3.8, 4) is 5.75 Å². The smallest absolute Gasteiger partial charge is 0.119 e. The Balaban J connectivity index is 1.66. The molecule has 2 saturated carbocycles. The Bertz CT molecular complexity index is 567. The van der Waals surface area contributed by atoms with Gasteiger partial charge >= 0.3 is 0 Å². The van der Waals surface area contributed by atoms with Gasteiger partial charge in [-0.1, -0.05) is 13.0 Å². The van der Waals surface area contributed by atoms with Crippen LogP contribution in [-0.2, 0) is 11.2 Å². The molecular formula is C20H28O2. The first kappa shape index (κ1) is 14.6. The summed E-state index contributed by atoms with van der Waals surface area (Å²) < 4.78 is 11.3. The van der Waals surface area contributed by atoms with Crippen LogP contribution in [0, 0.1) is 17.3 Å². The van der Waals surface area contributed by atoms with Crippen LogP contribution in [-0.4, -0.2) is 20.3 Å². The van der Waals surface area contributed by atoms with Gasteiger partial charge in [0.1, 0.15) is 5.75 Å². The molecule has 2 heteroatoms. The Morgan fingerprint density at radius 3 is 2.73 bits per heavy atom. The molecule has 0 N–H and O–H groups in total. The average Bonchev–Trinajstić information content (AvgIpc) is 2.90. The lowest BCUT2D eigenvalue weighted by atomic mass is 9.55. The third kappa shape index (κ3) is 1.96. The maximum Gasteiger partial charge on any atom is 0.119 e. The summed E-state index contributed by atoms with van der Waals surface area (Å²) in [6.45, 7) is 2.50. The zero-order chi connectivity index (χ0) is 15.3. The fourth-order valence-electron chi connectivity index (χ4n) is 6.02. The molecule has 2 fully saturated rings. The Labute approximate surface area is 134 Å². The van der Waals surface area contributed by atoms with E-state index >= 15 is 0 Å². The van der Waals surface area contributed by atoms with Crippen molar-refractivity contribution in [1.82, 2.24) is 0 Å². The maximum absolute atomic E-state index is 5.85. The van der Waals surface area contributed by atoms with Gasteiger partial charge in [0.05, 0.1) is 13.2 Å². The summed E-state index contributed by atoms with van der Waals surface area (Å²) in [5, 5.41) is 0. The molecule has 0 bridgehead atoms. The second-order valence-electron chi connectivity index (χ2n) is 7.83. The molecular weight excluding hydrogens is 272 g/mol. The molecule has 1 aromatic carbocycles. The number of rotatable bonds is 2. The summed E-state index contributed by atoms with van der Waals surface area (Å²) in [5.74, 6) is 3.49. The topological polar surface area (TPSA) is 18.5 Å². The normalized spacial score (nSPS) is 39.8. The fraction of sp³-hybridized carbons (Fsp3) is 0.700. The molecule has 0 aliphatic heterocycles. The van der Waals surface area contributed by atoms with E-state index in [9.17, 15) is 0 Å². The number of ether oxygens (including phenoxy) is 2. The molecule has 0 spiro atoms. The van der Waals surface area contributed by atoms with E-state index in [1.54, 1.807) is 12.7 Å². The van der Waals surface area contributed by atoms with Gasteiger partial charge in [-0.3, -0.25) is 0 Å². The van der Waals surface area contributed by atoms with Crippen LogP contribution in [0.25, 0.3) is 0 Å². The van der Waals surface area contributed by atoms with E-state index in [-0.39, 0.29) is 0 Å². The van der Waals surface area contributed by atoms with Crippen LogP contribution < -0.4 is 4.74 Å². The van der Waals surface area contributed by atoms with Crippen LogP contribution in [0.2, 0.25) is 0 Å². The molecule has 3 aliphatic carbocycles. The van der Waals surface area contributed by atoms with Gasteiger partial charge in [0.15, 0.2) is 0 Å². The molecule has 5 atom stereocenters. The summed E-state index contributed by atoms with van der Waals surface area (Å²) in [7, 11) is 3.68. The second kappa shape index (κ2) is 5.26. The molecule has 4 rings (SSSR count). The highest BCUT2D eigenvalue weighted by Gasteiger charge is 2.54. The van der Waals surface area contributed by atoms with Crippen LogP contribution in [0.15, 0.2) is 18.2 Å². The molecule has 3 aliphatic rings. The largest absolute Gasteiger partial charge is 0.497 e. The van der Waals surface area contributed by atoms with Gasteiger partial charge in [0.2, 0.25) is 0 Å². The molecule has 0 saturated heterocycles. The summed E-state index contributed by atoms with van der Waals surface area (Å²) in [4.78, 5) is 0.